The van der Waals surface area contributed by atoms with E-state index in [9.17, 15) is 4.79 Å². The van der Waals surface area contributed by atoms with E-state index in [1.807, 2.05) is 25.1 Å². The second kappa shape index (κ2) is 8.33. The first-order valence-corrected chi connectivity index (χ1v) is 7.52. The Kier molecular flexibility index (Phi) is 7.10. The maximum absolute atomic E-state index is 12.1. The summed E-state index contributed by atoms with van der Waals surface area (Å²) in [5.74, 6) is 0.302. The van der Waals surface area contributed by atoms with Crippen LogP contribution in [0, 0.1) is 12.8 Å². The van der Waals surface area contributed by atoms with Crippen molar-refractivity contribution in [2.75, 3.05) is 13.2 Å². The Hall–Kier alpha value is -0.870. The Morgan fingerprint density at radius 3 is 2.68 bits per heavy atom. The van der Waals surface area contributed by atoms with Crippen LogP contribution in [-0.2, 0) is 0 Å². The minimum atomic E-state index is -0.0524. The Morgan fingerprint density at radius 2 is 2.11 bits per heavy atom. The van der Waals surface area contributed by atoms with E-state index in [4.69, 9.17) is 5.11 Å². The monoisotopic (exact) mass is 327 g/mol. The van der Waals surface area contributed by atoms with Crippen molar-refractivity contribution in [2.45, 2.75) is 33.1 Å². The topological polar surface area (TPSA) is 49.3 Å². The first-order chi connectivity index (χ1) is 9.06. The Morgan fingerprint density at radius 1 is 1.37 bits per heavy atom. The molecule has 106 valence electrons. The standard InChI is InChI=1S/C15H22BrNO2/c1-3-4-12(5-6-18)10-17-15(19)13-7-11(2)8-14(16)9-13/h7-9,12,18H,3-6,10H2,1-2H3,(H,17,19). The number of hydrogen-bond acceptors (Lipinski definition) is 2. The summed E-state index contributed by atoms with van der Waals surface area (Å²) in [6.07, 6.45) is 2.83. The summed E-state index contributed by atoms with van der Waals surface area (Å²) in [6, 6.07) is 5.67. The second-order valence-corrected chi connectivity index (χ2v) is 5.81. The molecule has 1 aromatic carbocycles. The van der Waals surface area contributed by atoms with Gasteiger partial charge in [-0.25, -0.2) is 0 Å². The molecule has 0 heterocycles. The van der Waals surface area contributed by atoms with Crippen LogP contribution >= 0.6 is 15.9 Å². The molecule has 0 fully saturated rings. The SMILES string of the molecule is CCCC(CCO)CNC(=O)c1cc(C)cc(Br)c1. The van der Waals surface area contributed by atoms with Gasteiger partial charge in [0, 0.05) is 23.2 Å². The normalized spacial score (nSPS) is 12.2. The third-order valence-electron chi connectivity index (χ3n) is 3.09. The van der Waals surface area contributed by atoms with Gasteiger partial charge < -0.3 is 10.4 Å². The first kappa shape index (κ1) is 16.2. The molecule has 0 aromatic heterocycles. The second-order valence-electron chi connectivity index (χ2n) is 4.89. The van der Waals surface area contributed by atoms with E-state index in [0.29, 0.717) is 18.0 Å². The average molecular weight is 328 g/mol. The number of amides is 1. The Labute approximate surface area is 123 Å². The Bertz CT molecular complexity index is 394. The average Bonchev–Trinajstić information content (AvgIpc) is 2.35. The highest BCUT2D eigenvalue weighted by Crippen LogP contribution is 2.16. The maximum Gasteiger partial charge on any atom is 0.251 e. The van der Waals surface area contributed by atoms with E-state index < -0.39 is 0 Å². The van der Waals surface area contributed by atoms with Gasteiger partial charge in [-0.15, -0.1) is 0 Å². The highest BCUT2D eigenvalue weighted by Gasteiger charge is 2.11. The highest BCUT2D eigenvalue weighted by atomic mass is 79.9. The van der Waals surface area contributed by atoms with Gasteiger partial charge in [0.1, 0.15) is 0 Å². The van der Waals surface area contributed by atoms with Crippen molar-refractivity contribution >= 4 is 21.8 Å². The summed E-state index contributed by atoms with van der Waals surface area (Å²) in [6.45, 7) is 4.88. The molecule has 3 nitrogen and oxygen atoms in total. The zero-order valence-electron chi connectivity index (χ0n) is 11.6. The zero-order chi connectivity index (χ0) is 14.3. The number of nitrogens with one attached hydrogen (secondary N) is 1. The van der Waals surface area contributed by atoms with Crippen molar-refractivity contribution in [1.29, 1.82) is 0 Å². The molecule has 0 saturated heterocycles. The van der Waals surface area contributed by atoms with Gasteiger partial charge in [-0.2, -0.15) is 0 Å². The van der Waals surface area contributed by atoms with Gasteiger partial charge in [-0.05, 0) is 49.4 Å². The van der Waals surface area contributed by atoms with Crippen molar-refractivity contribution in [3.05, 3.63) is 33.8 Å². The third-order valence-corrected chi connectivity index (χ3v) is 3.55. The van der Waals surface area contributed by atoms with Crippen LogP contribution in [-0.4, -0.2) is 24.2 Å². The number of carbonyl (C=O) groups excluding carboxylic acids is 1. The molecule has 0 spiro atoms. The number of aryl methyl sites for hydroxylation is 1. The molecule has 0 saturated carbocycles. The van der Waals surface area contributed by atoms with Crippen LogP contribution < -0.4 is 5.32 Å². The predicted molar refractivity (Wildman–Crippen MR) is 81.3 cm³/mol. The molecule has 1 unspecified atom stereocenters. The van der Waals surface area contributed by atoms with Gasteiger partial charge in [0.2, 0.25) is 0 Å². The van der Waals surface area contributed by atoms with Crippen molar-refractivity contribution < 1.29 is 9.90 Å². The van der Waals surface area contributed by atoms with Crippen molar-refractivity contribution in [1.82, 2.24) is 5.32 Å². The van der Waals surface area contributed by atoms with Crippen LogP contribution in [0.25, 0.3) is 0 Å². The summed E-state index contributed by atoms with van der Waals surface area (Å²) in [5.41, 5.74) is 1.73. The van der Waals surface area contributed by atoms with Crippen molar-refractivity contribution in [3.63, 3.8) is 0 Å². The lowest BCUT2D eigenvalue weighted by Gasteiger charge is -2.15. The molecular weight excluding hydrogens is 306 g/mol. The van der Waals surface area contributed by atoms with Gasteiger partial charge in [-0.1, -0.05) is 29.3 Å². The molecule has 1 amide bonds. The van der Waals surface area contributed by atoms with E-state index in [1.54, 1.807) is 0 Å². The van der Waals surface area contributed by atoms with Crippen LogP contribution in [0.15, 0.2) is 22.7 Å². The van der Waals surface area contributed by atoms with Crippen LogP contribution in [0.1, 0.15) is 42.1 Å². The number of benzene rings is 1. The van der Waals surface area contributed by atoms with E-state index in [2.05, 4.69) is 28.2 Å². The molecule has 4 heteroatoms. The number of aliphatic hydroxyl groups excluding tert-OH is 1. The summed E-state index contributed by atoms with van der Waals surface area (Å²) in [4.78, 5) is 12.1. The van der Waals surface area contributed by atoms with Crippen molar-refractivity contribution in [2.24, 2.45) is 5.92 Å². The van der Waals surface area contributed by atoms with Gasteiger partial charge in [0.15, 0.2) is 0 Å². The minimum Gasteiger partial charge on any atom is -0.396 e. The fourth-order valence-electron chi connectivity index (χ4n) is 2.15. The molecule has 0 aliphatic heterocycles. The summed E-state index contributed by atoms with van der Waals surface area (Å²) in [7, 11) is 0. The lowest BCUT2D eigenvalue weighted by atomic mass is 10.00. The molecule has 1 atom stereocenters. The zero-order valence-corrected chi connectivity index (χ0v) is 13.2. The first-order valence-electron chi connectivity index (χ1n) is 6.73. The molecule has 1 aromatic rings. The summed E-state index contributed by atoms with van der Waals surface area (Å²) < 4.78 is 0.915. The van der Waals surface area contributed by atoms with Gasteiger partial charge in [-0.3, -0.25) is 4.79 Å². The molecule has 19 heavy (non-hydrogen) atoms. The predicted octanol–water partition coefficient (Wildman–Crippen LogP) is 3.29. The number of carbonyl (C=O) groups is 1. The fourth-order valence-corrected chi connectivity index (χ4v) is 2.75. The van der Waals surface area contributed by atoms with Crippen LogP contribution in [0.3, 0.4) is 0 Å². The molecule has 0 aliphatic carbocycles. The number of aliphatic hydroxyl groups is 1. The lowest BCUT2D eigenvalue weighted by molar-refractivity contribution is 0.0942. The Balaban J connectivity index is 2.58. The third kappa shape index (κ3) is 5.74. The molecule has 0 aliphatic rings. The highest BCUT2D eigenvalue weighted by molar-refractivity contribution is 9.10. The van der Waals surface area contributed by atoms with E-state index in [-0.39, 0.29) is 12.5 Å². The summed E-state index contributed by atoms with van der Waals surface area (Å²) in [5, 5.41) is 12.0. The largest absolute Gasteiger partial charge is 0.396 e. The number of halogens is 1. The van der Waals surface area contributed by atoms with Crippen molar-refractivity contribution in [3.8, 4) is 0 Å². The molecule has 0 radical (unpaired) electrons. The van der Waals surface area contributed by atoms with Crippen LogP contribution in [0.5, 0.6) is 0 Å². The number of hydrogen-bond donors (Lipinski definition) is 2. The lowest BCUT2D eigenvalue weighted by Crippen LogP contribution is -2.29. The van der Waals surface area contributed by atoms with Gasteiger partial charge in [0.05, 0.1) is 0 Å². The number of rotatable bonds is 7. The fraction of sp³-hybridized carbons (Fsp3) is 0.533. The van der Waals surface area contributed by atoms with Crippen LogP contribution in [0.2, 0.25) is 0 Å². The summed E-state index contributed by atoms with van der Waals surface area (Å²) >= 11 is 3.40. The van der Waals surface area contributed by atoms with Gasteiger partial charge >= 0.3 is 0 Å². The van der Waals surface area contributed by atoms with E-state index in [1.165, 1.54) is 0 Å². The quantitative estimate of drug-likeness (QED) is 0.807. The molecule has 2 N–H and O–H groups in total. The minimum absolute atomic E-state index is 0.0524. The maximum atomic E-state index is 12.1. The van der Waals surface area contributed by atoms with Crippen LogP contribution in [0.4, 0.5) is 0 Å². The molecular formula is C15H22BrNO2. The molecule has 0 bridgehead atoms. The van der Waals surface area contributed by atoms with E-state index >= 15 is 0 Å². The smallest absolute Gasteiger partial charge is 0.251 e. The van der Waals surface area contributed by atoms with E-state index in [0.717, 1.165) is 29.3 Å². The molecule has 1 rings (SSSR count). The van der Waals surface area contributed by atoms with Gasteiger partial charge in [0.25, 0.3) is 5.91 Å².